The van der Waals surface area contributed by atoms with Crippen molar-refractivity contribution in [2.45, 2.75) is 39.7 Å². The van der Waals surface area contributed by atoms with Crippen LogP contribution in [0.15, 0.2) is 0 Å². The van der Waals surface area contributed by atoms with E-state index in [-0.39, 0.29) is 0 Å². The van der Waals surface area contributed by atoms with Gasteiger partial charge in [-0.25, -0.2) is 0 Å². The number of aromatic nitrogens is 3. The summed E-state index contributed by atoms with van der Waals surface area (Å²) < 4.78 is 0. The fourth-order valence-electron chi connectivity index (χ4n) is 2.08. The van der Waals surface area contributed by atoms with Crippen molar-refractivity contribution in [1.29, 1.82) is 0 Å². The second-order valence-corrected chi connectivity index (χ2v) is 5.23. The molecule has 1 unspecified atom stereocenters. The summed E-state index contributed by atoms with van der Waals surface area (Å²) in [6, 6.07) is 0. The van der Waals surface area contributed by atoms with Crippen molar-refractivity contribution in [1.82, 2.24) is 15.0 Å². The van der Waals surface area contributed by atoms with Crippen LogP contribution in [0.3, 0.4) is 0 Å². The highest BCUT2D eigenvalue weighted by molar-refractivity contribution is 5.42. The van der Waals surface area contributed by atoms with Crippen LogP contribution in [0.2, 0.25) is 0 Å². The molecule has 120 valence electrons. The van der Waals surface area contributed by atoms with Crippen LogP contribution in [0, 0.1) is 5.92 Å². The Morgan fingerprint density at radius 2 is 1.57 bits per heavy atom. The third-order valence-corrected chi connectivity index (χ3v) is 3.42. The zero-order valence-corrected chi connectivity index (χ0v) is 13.7. The number of aliphatic hydroxyl groups excluding tert-OH is 1. The van der Waals surface area contributed by atoms with Gasteiger partial charge in [-0.2, -0.15) is 15.0 Å². The lowest BCUT2D eigenvalue weighted by Crippen LogP contribution is -2.28. The molecule has 7 nitrogen and oxygen atoms in total. The summed E-state index contributed by atoms with van der Waals surface area (Å²) in [6.45, 7) is 7.35. The van der Waals surface area contributed by atoms with E-state index in [1.807, 2.05) is 25.9 Å². The lowest BCUT2D eigenvalue weighted by molar-refractivity contribution is 0.114. The number of aliphatic hydroxyl groups is 1. The molecule has 1 aromatic rings. The van der Waals surface area contributed by atoms with Gasteiger partial charge in [0.1, 0.15) is 0 Å². The highest BCUT2D eigenvalue weighted by atomic mass is 16.3. The SMILES string of the molecule is CCNc1nc(NCC(O)C(CC)CC)nc(N(C)C)n1. The van der Waals surface area contributed by atoms with Gasteiger partial charge >= 0.3 is 0 Å². The first-order valence-corrected chi connectivity index (χ1v) is 7.60. The molecular weight excluding hydrogens is 268 g/mol. The first-order valence-electron chi connectivity index (χ1n) is 7.60. The molecule has 0 aliphatic carbocycles. The number of anilines is 3. The lowest BCUT2D eigenvalue weighted by atomic mass is 9.97. The molecule has 0 radical (unpaired) electrons. The number of rotatable bonds is 9. The smallest absolute Gasteiger partial charge is 0.231 e. The summed E-state index contributed by atoms with van der Waals surface area (Å²) in [5, 5.41) is 16.4. The normalized spacial score (nSPS) is 12.3. The molecule has 1 heterocycles. The van der Waals surface area contributed by atoms with E-state index in [4.69, 9.17) is 0 Å². The van der Waals surface area contributed by atoms with Crippen molar-refractivity contribution in [3.63, 3.8) is 0 Å². The molecule has 7 heteroatoms. The highest BCUT2D eigenvalue weighted by Gasteiger charge is 2.16. The Labute approximate surface area is 127 Å². The van der Waals surface area contributed by atoms with E-state index < -0.39 is 6.10 Å². The van der Waals surface area contributed by atoms with Crippen LogP contribution in [0.5, 0.6) is 0 Å². The topological polar surface area (TPSA) is 86.2 Å². The molecule has 0 saturated heterocycles. The molecule has 3 N–H and O–H groups in total. The van der Waals surface area contributed by atoms with E-state index >= 15 is 0 Å². The zero-order chi connectivity index (χ0) is 15.8. The van der Waals surface area contributed by atoms with Gasteiger partial charge in [-0.05, 0) is 12.8 Å². The molecule has 0 amide bonds. The summed E-state index contributed by atoms with van der Waals surface area (Å²) >= 11 is 0. The maximum atomic E-state index is 10.2. The minimum Gasteiger partial charge on any atom is -0.391 e. The van der Waals surface area contributed by atoms with Gasteiger partial charge in [0, 0.05) is 27.2 Å². The molecule has 0 spiro atoms. The zero-order valence-electron chi connectivity index (χ0n) is 13.7. The van der Waals surface area contributed by atoms with Gasteiger partial charge in [-0.1, -0.05) is 26.7 Å². The number of hydrogen-bond acceptors (Lipinski definition) is 7. The molecule has 0 aromatic carbocycles. The summed E-state index contributed by atoms with van der Waals surface area (Å²) in [6.07, 6.45) is 1.52. The van der Waals surface area contributed by atoms with Crippen molar-refractivity contribution in [2.24, 2.45) is 5.92 Å². The van der Waals surface area contributed by atoms with Gasteiger partial charge < -0.3 is 20.6 Å². The molecule has 1 rings (SSSR count). The number of nitrogens with one attached hydrogen (secondary N) is 2. The van der Waals surface area contributed by atoms with E-state index in [0.29, 0.717) is 30.3 Å². The van der Waals surface area contributed by atoms with Gasteiger partial charge in [-0.3, -0.25) is 0 Å². The molecule has 21 heavy (non-hydrogen) atoms. The van der Waals surface area contributed by atoms with Gasteiger partial charge in [0.25, 0.3) is 0 Å². The molecule has 0 bridgehead atoms. The maximum absolute atomic E-state index is 10.2. The summed E-state index contributed by atoms with van der Waals surface area (Å²) in [4.78, 5) is 14.8. The third-order valence-electron chi connectivity index (χ3n) is 3.42. The minimum absolute atomic E-state index is 0.292. The highest BCUT2D eigenvalue weighted by Crippen LogP contribution is 2.15. The van der Waals surface area contributed by atoms with Crippen molar-refractivity contribution < 1.29 is 5.11 Å². The lowest BCUT2D eigenvalue weighted by Gasteiger charge is -2.20. The third kappa shape index (κ3) is 5.34. The quantitative estimate of drug-likeness (QED) is 0.638. The first-order chi connectivity index (χ1) is 10.0. The standard InChI is InChI=1S/C14H28N6O/c1-6-10(7-2)11(21)9-16-13-17-12(15-8-3)18-14(19-13)20(4)5/h10-11,21H,6-9H2,1-5H3,(H2,15,16,17,18,19). The van der Waals surface area contributed by atoms with Crippen LogP contribution in [0.1, 0.15) is 33.6 Å². The monoisotopic (exact) mass is 296 g/mol. The van der Waals surface area contributed by atoms with Crippen molar-refractivity contribution in [2.75, 3.05) is 42.7 Å². The second kappa shape index (κ2) is 8.61. The fourth-order valence-corrected chi connectivity index (χ4v) is 2.08. The second-order valence-electron chi connectivity index (χ2n) is 5.23. The average molecular weight is 296 g/mol. The Hall–Kier alpha value is -1.63. The molecule has 1 atom stereocenters. The van der Waals surface area contributed by atoms with E-state index in [1.165, 1.54) is 0 Å². The van der Waals surface area contributed by atoms with E-state index in [2.05, 4.69) is 39.4 Å². The summed E-state index contributed by atoms with van der Waals surface area (Å²) in [5.74, 6) is 1.90. The van der Waals surface area contributed by atoms with Crippen molar-refractivity contribution in [3.8, 4) is 0 Å². The molecular formula is C14H28N6O. The largest absolute Gasteiger partial charge is 0.391 e. The molecule has 0 aliphatic rings. The number of nitrogens with zero attached hydrogens (tertiary/aromatic N) is 4. The minimum atomic E-state index is -0.401. The molecule has 0 fully saturated rings. The number of hydrogen-bond donors (Lipinski definition) is 3. The van der Waals surface area contributed by atoms with E-state index in [1.54, 1.807) is 0 Å². The van der Waals surface area contributed by atoms with Crippen LogP contribution >= 0.6 is 0 Å². The predicted molar refractivity (Wildman–Crippen MR) is 86.9 cm³/mol. The van der Waals surface area contributed by atoms with Gasteiger partial charge in [0.15, 0.2) is 0 Å². The van der Waals surface area contributed by atoms with Crippen LogP contribution in [-0.2, 0) is 0 Å². The summed E-state index contributed by atoms with van der Waals surface area (Å²) in [5.41, 5.74) is 0. The Kier molecular flexibility index (Phi) is 7.14. The van der Waals surface area contributed by atoms with Crippen molar-refractivity contribution >= 4 is 17.8 Å². The Morgan fingerprint density at radius 3 is 2.05 bits per heavy atom. The predicted octanol–water partition coefficient (Wildman–Crippen LogP) is 1.58. The maximum Gasteiger partial charge on any atom is 0.231 e. The van der Waals surface area contributed by atoms with Gasteiger partial charge in [0.2, 0.25) is 17.8 Å². The van der Waals surface area contributed by atoms with Crippen LogP contribution in [-0.4, -0.2) is 53.3 Å². The van der Waals surface area contributed by atoms with Gasteiger partial charge in [0.05, 0.1) is 6.10 Å². The Morgan fingerprint density at radius 1 is 1.00 bits per heavy atom. The molecule has 0 saturated carbocycles. The van der Waals surface area contributed by atoms with E-state index in [9.17, 15) is 5.11 Å². The van der Waals surface area contributed by atoms with Crippen LogP contribution < -0.4 is 15.5 Å². The molecule has 1 aromatic heterocycles. The Balaban J connectivity index is 2.77. The Bertz CT molecular complexity index is 422. The molecule has 0 aliphatic heterocycles. The van der Waals surface area contributed by atoms with Crippen LogP contribution in [0.4, 0.5) is 17.8 Å². The van der Waals surface area contributed by atoms with E-state index in [0.717, 1.165) is 19.4 Å². The fraction of sp³-hybridized carbons (Fsp3) is 0.786. The average Bonchev–Trinajstić information content (AvgIpc) is 2.46. The van der Waals surface area contributed by atoms with Gasteiger partial charge in [-0.15, -0.1) is 0 Å². The van der Waals surface area contributed by atoms with Crippen molar-refractivity contribution in [3.05, 3.63) is 0 Å². The first kappa shape index (κ1) is 17.4. The van der Waals surface area contributed by atoms with Crippen LogP contribution in [0.25, 0.3) is 0 Å². The summed E-state index contributed by atoms with van der Waals surface area (Å²) in [7, 11) is 3.77.